The first-order valence-electron chi connectivity index (χ1n) is 6.18. The molecule has 3 rings (SSSR count). The summed E-state index contributed by atoms with van der Waals surface area (Å²) >= 11 is 0. The number of hydrogen-bond acceptors (Lipinski definition) is 3. The molecule has 4 nitrogen and oxygen atoms in total. The van der Waals surface area contributed by atoms with Crippen molar-refractivity contribution in [3.63, 3.8) is 0 Å². The maximum Gasteiger partial charge on any atom is 0.0992 e. The summed E-state index contributed by atoms with van der Waals surface area (Å²) in [5, 5.41) is 13.3. The van der Waals surface area contributed by atoms with Crippen molar-refractivity contribution in [1.82, 2.24) is 9.78 Å². The van der Waals surface area contributed by atoms with Crippen LogP contribution in [0.4, 0.5) is 5.69 Å². The second-order valence-electron chi connectivity index (χ2n) is 4.43. The average Bonchev–Trinajstić information content (AvgIpc) is 2.98. The largest absolute Gasteiger partial charge is 0.397 e. The molecule has 1 heterocycles. The second-order valence-corrected chi connectivity index (χ2v) is 4.43. The zero-order valence-corrected chi connectivity index (χ0v) is 10.7. The number of nitrogen functional groups attached to an aromatic ring is 1. The van der Waals surface area contributed by atoms with E-state index >= 15 is 0 Å². The zero-order chi connectivity index (χ0) is 13.9. The average molecular weight is 260 g/mol. The van der Waals surface area contributed by atoms with E-state index in [1.807, 2.05) is 36.5 Å². The van der Waals surface area contributed by atoms with Crippen molar-refractivity contribution in [1.29, 1.82) is 5.26 Å². The first-order chi connectivity index (χ1) is 9.78. The van der Waals surface area contributed by atoms with E-state index < -0.39 is 0 Å². The van der Waals surface area contributed by atoms with Gasteiger partial charge in [-0.05, 0) is 23.8 Å². The quantitative estimate of drug-likeness (QED) is 0.720. The van der Waals surface area contributed by atoms with Crippen LogP contribution in [0.1, 0.15) is 5.56 Å². The number of anilines is 1. The fourth-order valence-electron chi connectivity index (χ4n) is 2.05. The minimum Gasteiger partial charge on any atom is -0.397 e. The molecule has 96 valence electrons. The lowest BCUT2D eigenvalue weighted by Gasteiger charge is -2.05. The van der Waals surface area contributed by atoms with Crippen molar-refractivity contribution >= 4 is 5.69 Å². The molecular formula is C16H12N4. The third kappa shape index (κ3) is 2.13. The van der Waals surface area contributed by atoms with Crippen molar-refractivity contribution < 1.29 is 0 Å². The van der Waals surface area contributed by atoms with Crippen molar-refractivity contribution in [3.8, 4) is 22.9 Å². The van der Waals surface area contributed by atoms with Gasteiger partial charge in [0.2, 0.25) is 0 Å². The van der Waals surface area contributed by atoms with Crippen molar-refractivity contribution in [2.75, 3.05) is 5.73 Å². The first kappa shape index (κ1) is 12.0. The molecule has 0 saturated carbocycles. The summed E-state index contributed by atoms with van der Waals surface area (Å²) in [5.41, 5.74) is 9.92. The second kappa shape index (κ2) is 4.90. The van der Waals surface area contributed by atoms with Gasteiger partial charge in [-0.1, -0.05) is 30.3 Å². The number of nitrogens with zero attached hydrogens (tertiary/aromatic N) is 3. The number of nitrogens with two attached hydrogens (primary N) is 1. The van der Waals surface area contributed by atoms with Gasteiger partial charge in [-0.25, -0.2) is 4.68 Å². The van der Waals surface area contributed by atoms with Gasteiger partial charge in [-0.2, -0.15) is 10.4 Å². The molecule has 0 radical (unpaired) electrons. The molecule has 4 heteroatoms. The molecule has 0 aliphatic carbocycles. The van der Waals surface area contributed by atoms with Gasteiger partial charge in [-0.15, -0.1) is 0 Å². The van der Waals surface area contributed by atoms with Gasteiger partial charge in [0.1, 0.15) is 0 Å². The predicted molar refractivity (Wildman–Crippen MR) is 78.1 cm³/mol. The summed E-state index contributed by atoms with van der Waals surface area (Å²) in [6, 6.07) is 17.2. The van der Waals surface area contributed by atoms with Gasteiger partial charge in [0.15, 0.2) is 0 Å². The van der Waals surface area contributed by atoms with Crippen LogP contribution in [-0.4, -0.2) is 9.78 Å². The van der Waals surface area contributed by atoms with Crippen LogP contribution in [0, 0.1) is 11.3 Å². The molecule has 0 aliphatic rings. The maximum atomic E-state index is 8.96. The SMILES string of the molecule is N#Cc1ccc(N)c(-n2cc(-c3ccccc3)cn2)c1. The Morgan fingerprint density at radius 1 is 1.05 bits per heavy atom. The molecule has 0 amide bonds. The molecular weight excluding hydrogens is 248 g/mol. The molecule has 0 fully saturated rings. The van der Waals surface area contributed by atoms with Crippen LogP contribution in [-0.2, 0) is 0 Å². The van der Waals surface area contributed by atoms with Gasteiger partial charge in [-0.3, -0.25) is 0 Å². The van der Waals surface area contributed by atoms with E-state index in [1.165, 1.54) is 0 Å². The van der Waals surface area contributed by atoms with Crippen LogP contribution in [0.25, 0.3) is 16.8 Å². The van der Waals surface area contributed by atoms with Crippen LogP contribution in [0.3, 0.4) is 0 Å². The lowest BCUT2D eigenvalue weighted by atomic mass is 10.1. The summed E-state index contributed by atoms with van der Waals surface area (Å²) < 4.78 is 1.69. The number of benzene rings is 2. The minimum absolute atomic E-state index is 0.561. The predicted octanol–water partition coefficient (Wildman–Crippen LogP) is 2.99. The molecule has 0 aliphatic heterocycles. The van der Waals surface area contributed by atoms with Gasteiger partial charge in [0, 0.05) is 11.8 Å². The Balaban J connectivity index is 2.05. The number of rotatable bonds is 2. The molecule has 2 aromatic carbocycles. The summed E-state index contributed by atoms with van der Waals surface area (Å²) in [6.45, 7) is 0. The van der Waals surface area contributed by atoms with Crippen LogP contribution in [0.5, 0.6) is 0 Å². The minimum atomic E-state index is 0.561. The van der Waals surface area contributed by atoms with E-state index in [0.717, 1.165) is 11.1 Å². The Labute approximate surface area is 116 Å². The molecule has 1 aromatic heterocycles. The first-order valence-corrected chi connectivity index (χ1v) is 6.18. The third-order valence-corrected chi connectivity index (χ3v) is 3.10. The van der Waals surface area contributed by atoms with E-state index in [-0.39, 0.29) is 0 Å². The molecule has 2 N–H and O–H groups in total. The summed E-state index contributed by atoms with van der Waals surface area (Å²) in [4.78, 5) is 0. The van der Waals surface area contributed by atoms with Crippen molar-refractivity contribution in [2.24, 2.45) is 0 Å². The van der Waals surface area contributed by atoms with Crippen LogP contribution < -0.4 is 5.73 Å². The van der Waals surface area contributed by atoms with E-state index in [4.69, 9.17) is 11.0 Å². The lowest BCUT2D eigenvalue weighted by Crippen LogP contribution is -2.00. The van der Waals surface area contributed by atoms with E-state index in [9.17, 15) is 0 Å². The fourth-order valence-corrected chi connectivity index (χ4v) is 2.05. The smallest absolute Gasteiger partial charge is 0.0992 e. The van der Waals surface area contributed by atoms with Crippen molar-refractivity contribution in [2.45, 2.75) is 0 Å². The Bertz CT molecular complexity index is 782. The highest BCUT2D eigenvalue weighted by Gasteiger charge is 2.07. The lowest BCUT2D eigenvalue weighted by molar-refractivity contribution is 0.882. The number of aromatic nitrogens is 2. The van der Waals surface area contributed by atoms with Gasteiger partial charge >= 0.3 is 0 Å². The zero-order valence-electron chi connectivity index (χ0n) is 10.7. The Morgan fingerprint density at radius 3 is 2.60 bits per heavy atom. The molecule has 20 heavy (non-hydrogen) atoms. The standard InChI is InChI=1S/C16H12N4/c17-9-12-6-7-15(18)16(8-12)20-11-14(10-19-20)13-4-2-1-3-5-13/h1-8,10-11H,18H2. The molecule has 0 saturated heterocycles. The highest BCUT2D eigenvalue weighted by molar-refractivity contribution is 5.65. The highest BCUT2D eigenvalue weighted by atomic mass is 15.3. The van der Waals surface area contributed by atoms with E-state index in [0.29, 0.717) is 16.9 Å². The topological polar surface area (TPSA) is 67.6 Å². The monoisotopic (exact) mass is 260 g/mol. The van der Waals surface area contributed by atoms with Crippen molar-refractivity contribution in [3.05, 3.63) is 66.5 Å². The van der Waals surface area contributed by atoms with Crippen LogP contribution >= 0.6 is 0 Å². The molecule has 0 atom stereocenters. The molecule has 0 spiro atoms. The summed E-state index contributed by atoms with van der Waals surface area (Å²) in [7, 11) is 0. The Hall–Kier alpha value is -3.06. The normalized spacial score (nSPS) is 10.2. The van der Waals surface area contributed by atoms with Gasteiger partial charge in [0.05, 0.1) is 29.2 Å². The van der Waals surface area contributed by atoms with Gasteiger partial charge in [0.25, 0.3) is 0 Å². The van der Waals surface area contributed by atoms with E-state index in [2.05, 4.69) is 11.2 Å². The third-order valence-electron chi connectivity index (χ3n) is 3.10. The van der Waals surface area contributed by atoms with E-state index in [1.54, 1.807) is 29.1 Å². The molecule has 0 bridgehead atoms. The highest BCUT2D eigenvalue weighted by Crippen LogP contribution is 2.23. The van der Waals surface area contributed by atoms with Crippen LogP contribution in [0.15, 0.2) is 60.9 Å². The van der Waals surface area contributed by atoms with Crippen LogP contribution in [0.2, 0.25) is 0 Å². The Morgan fingerprint density at radius 2 is 1.85 bits per heavy atom. The number of hydrogen-bond donors (Lipinski definition) is 1. The Kier molecular flexibility index (Phi) is 2.94. The number of nitriles is 1. The van der Waals surface area contributed by atoms with Gasteiger partial charge < -0.3 is 5.73 Å². The summed E-state index contributed by atoms with van der Waals surface area (Å²) in [6.07, 6.45) is 3.69. The molecule has 3 aromatic rings. The maximum absolute atomic E-state index is 8.96. The molecule has 0 unspecified atom stereocenters. The summed E-state index contributed by atoms with van der Waals surface area (Å²) in [5.74, 6) is 0. The fraction of sp³-hybridized carbons (Fsp3) is 0.